The van der Waals surface area contributed by atoms with Crippen molar-refractivity contribution in [1.82, 2.24) is 0 Å². The molecule has 11 heteroatoms. The smallest absolute Gasteiger partial charge is 0.340 e. The van der Waals surface area contributed by atoms with Crippen LogP contribution in [0.4, 0.5) is 0 Å². The molecule has 11 nitrogen and oxygen atoms in total. The molecule has 4 heterocycles. The van der Waals surface area contributed by atoms with Crippen LogP contribution in [0.2, 0.25) is 0 Å². The molecule has 5 aromatic rings. The monoisotopic (exact) mass is 1070 g/mol. The van der Waals surface area contributed by atoms with Crippen LogP contribution in [-0.2, 0) is 42.2 Å². The zero-order valence-electron chi connectivity index (χ0n) is 46.1. The minimum atomic E-state index is -1.27. The standard InChI is InChI=1S/C68H78O11/c1-41(38-70)52-27-21-42-19-22-43(23-20-42)53-28-25-47(46-13-9-16-51(36-46)67-32-8-7-15-50(67)26-24-45-12-3-5-17-56(45)67)35-49(53)37-59(72)76-63-61-58(79-68(64(63)78-65(52)73)33-10-14-44-11-4-6-18-57(44)68)30-29-54-55(39-71)60(66(74)77-62(54)61)48(31-34-69)40-75-2/h3,5,9,12-13,16-17,19-20,22-24,26,29-30,36,44,47-50,53,57,63-64,69-71H,4,6-8,10-11,14-15,18,21,25,27-28,31-35,37-40H2,1-2H3. The molecule has 0 radical (unpaired) electrons. The lowest BCUT2D eigenvalue weighted by Gasteiger charge is -2.56. The van der Waals surface area contributed by atoms with Crippen molar-refractivity contribution >= 4 is 29.0 Å². The van der Waals surface area contributed by atoms with Crippen molar-refractivity contribution in [2.45, 2.75) is 170 Å². The minimum absolute atomic E-state index is 0.0377. The van der Waals surface area contributed by atoms with E-state index in [2.05, 4.69) is 84.9 Å². The zero-order chi connectivity index (χ0) is 54.4. The molecular weight excluding hydrogens is 993 g/mol. The number of ether oxygens (including phenoxy) is 4. The van der Waals surface area contributed by atoms with Gasteiger partial charge in [0.05, 0.1) is 25.4 Å². The largest absolute Gasteiger partial charge is 0.482 e. The van der Waals surface area contributed by atoms with E-state index in [1.807, 2.05) is 6.07 Å². The highest BCUT2D eigenvalue weighted by Gasteiger charge is 2.62. The van der Waals surface area contributed by atoms with E-state index in [9.17, 15) is 20.1 Å². The summed E-state index contributed by atoms with van der Waals surface area (Å²) in [5.74, 6) is -0.446. The second-order valence-corrected chi connectivity index (χ2v) is 24.4. The second kappa shape index (κ2) is 22.6. The molecule has 0 saturated heterocycles. The third kappa shape index (κ3) is 9.62. The highest BCUT2D eigenvalue weighted by Crippen LogP contribution is 2.59. The van der Waals surface area contributed by atoms with Crippen molar-refractivity contribution in [3.63, 3.8) is 0 Å². The number of aliphatic hydroxyl groups is 3. The van der Waals surface area contributed by atoms with Crippen LogP contribution in [0.15, 0.2) is 111 Å². The third-order valence-electron chi connectivity index (χ3n) is 20.4. The lowest BCUT2D eigenvalue weighted by molar-refractivity contribution is -0.217. The SMILES string of the molecule is COCC(CCO)c1c(CO)c2ccc3c(c2oc1=O)C1OC(=O)CC2CC(c4cccc(C56CCCCC5C=Cc5ccccc56)c4)CCC2c2ccc(cc2)CCC(=C(C)CO)C(=O)OC1C1(CCCC2CCCCC21)O3. The van der Waals surface area contributed by atoms with Gasteiger partial charge in [0.2, 0.25) is 0 Å². The van der Waals surface area contributed by atoms with Gasteiger partial charge < -0.3 is 38.7 Å². The first-order valence-electron chi connectivity index (χ1n) is 29.8. The maximum atomic E-state index is 15.7. The van der Waals surface area contributed by atoms with Gasteiger partial charge in [-0.1, -0.05) is 117 Å². The maximum Gasteiger partial charge on any atom is 0.340 e. The number of fused-ring (bicyclic) bond motifs is 16. The van der Waals surface area contributed by atoms with Gasteiger partial charge in [0.1, 0.15) is 11.3 Å². The molecule has 3 N–H and O–H groups in total. The van der Waals surface area contributed by atoms with Gasteiger partial charge in [-0.25, -0.2) is 9.59 Å². The fourth-order valence-electron chi connectivity index (χ4n) is 16.7. The lowest BCUT2D eigenvalue weighted by Crippen LogP contribution is -2.63. The van der Waals surface area contributed by atoms with Gasteiger partial charge in [0.25, 0.3) is 0 Å². The molecule has 416 valence electrons. The second-order valence-electron chi connectivity index (χ2n) is 24.4. The molecule has 4 aromatic carbocycles. The Labute approximate surface area is 464 Å². The van der Waals surface area contributed by atoms with E-state index >= 15 is 9.59 Å². The summed E-state index contributed by atoms with van der Waals surface area (Å²) in [6, 6.07) is 30.6. The van der Waals surface area contributed by atoms with Gasteiger partial charge in [-0.2, -0.15) is 0 Å². The summed E-state index contributed by atoms with van der Waals surface area (Å²) in [5.41, 5.74) is 7.47. The summed E-state index contributed by atoms with van der Waals surface area (Å²) in [7, 11) is 1.52. The van der Waals surface area contributed by atoms with Crippen LogP contribution in [-0.4, -0.2) is 65.9 Å². The first-order chi connectivity index (χ1) is 38.6. The average Bonchev–Trinajstić information content (AvgIpc) is 3.51. The maximum absolute atomic E-state index is 15.7. The van der Waals surface area contributed by atoms with Gasteiger partial charge in [0, 0.05) is 53.9 Å². The number of methoxy groups -OCH3 is 1. The molecule has 11 unspecified atom stereocenters. The van der Waals surface area contributed by atoms with E-state index < -0.39 is 47.9 Å². The minimum Gasteiger partial charge on any atom is -0.482 e. The van der Waals surface area contributed by atoms with Crippen molar-refractivity contribution in [2.24, 2.45) is 23.7 Å². The van der Waals surface area contributed by atoms with Crippen LogP contribution in [0, 0.1) is 23.7 Å². The Morgan fingerprint density at radius 2 is 1.62 bits per heavy atom. The summed E-state index contributed by atoms with van der Waals surface area (Å²) in [4.78, 5) is 45.5. The Hall–Kier alpha value is -5.85. The van der Waals surface area contributed by atoms with E-state index in [1.54, 1.807) is 13.0 Å². The fraction of sp³-hybridized carbons (Fsp3) is 0.515. The van der Waals surface area contributed by atoms with E-state index in [0.29, 0.717) is 53.0 Å². The molecule has 4 saturated carbocycles. The number of aryl methyl sites for hydroxylation is 1. The van der Waals surface area contributed by atoms with Gasteiger partial charge in [-0.3, -0.25) is 4.79 Å². The number of hydrogen-bond acceptors (Lipinski definition) is 11. The molecule has 79 heavy (non-hydrogen) atoms. The Balaban J connectivity index is 0.987. The molecule has 13 rings (SSSR count). The molecule has 1 spiro atoms. The van der Waals surface area contributed by atoms with Crippen molar-refractivity contribution in [2.75, 3.05) is 26.9 Å². The molecule has 1 aromatic heterocycles. The van der Waals surface area contributed by atoms with E-state index in [1.165, 1.54) is 47.8 Å². The number of carbonyl (C=O) groups excluding carboxylic acids is 2. The Bertz CT molecular complexity index is 3200. The molecular formula is C68H78O11. The average molecular weight is 1070 g/mol. The number of benzene rings is 4. The quantitative estimate of drug-likeness (QED) is 0.0732. The number of rotatable bonds is 9. The topological polar surface area (TPSA) is 162 Å². The molecule has 0 amide bonds. The summed E-state index contributed by atoms with van der Waals surface area (Å²) in [5, 5.41) is 32.4. The number of esters is 2. The Morgan fingerprint density at radius 3 is 2.44 bits per heavy atom. The molecule has 8 aliphatic rings. The van der Waals surface area contributed by atoms with E-state index in [4.69, 9.17) is 23.4 Å². The van der Waals surface area contributed by atoms with Gasteiger partial charge >= 0.3 is 17.6 Å². The van der Waals surface area contributed by atoms with Crippen LogP contribution in [0.1, 0.15) is 190 Å². The van der Waals surface area contributed by atoms with Crippen molar-refractivity contribution in [3.05, 3.63) is 163 Å². The summed E-state index contributed by atoms with van der Waals surface area (Å²) < 4.78 is 33.5. The number of aliphatic hydroxyl groups excluding tert-OH is 3. The predicted octanol–water partition coefficient (Wildman–Crippen LogP) is 12.5. The normalized spacial score (nSPS) is 30.6. The highest BCUT2D eigenvalue weighted by atomic mass is 16.6. The number of allylic oxidation sites excluding steroid dienone is 1. The molecule has 11 atom stereocenters. The highest BCUT2D eigenvalue weighted by molar-refractivity contribution is 5.90. The first-order valence-corrected chi connectivity index (χ1v) is 29.8. The molecule has 4 fully saturated rings. The lowest BCUT2D eigenvalue weighted by atomic mass is 9.56. The fourth-order valence-corrected chi connectivity index (χ4v) is 16.7. The van der Waals surface area contributed by atoms with E-state index in [-0.39, 0.29) is 84.4 Å². The third-order valence-corrected chi connectivity index (χ3v) is 20.4. The summed E-state index contributed by atoms with van der Waals surface area (Å²) >= 11 is 0. The van der Waals surface area contributed by atoms with Crippen molar-refractivity contribution in [1.29, 1.82) is 0 Å². The Morgan fingerprint density at radius 1 is 0.797 bits per heavy atom. The first kappa shape index (κ1) is 53.8. The zero-order valence-corrected chi connectivity index (χ0v) is 46.1. The molecule has 2 bridgehead atoms. The van der Waals surface area contributed by atoms with Crippen LogP contribution in [0.3, 0.4) is 0 Å². The van der Waals surface area contributed by atoms with Crippen LogP contribution in [0.5, 0.6) is 5.75 Å². The van der Waals surface area contributed by atoms with Crippen molar-refractivity contribution in [3.8, 4) is 5.75 Å². The van der Waals surface area contributed by atoms with E-state index in [0.717, 1.165) is 76.2 Å². The van der Waals surface area contributed by atoms with Crippen molar-refractivity contribution < 1.29 is 48.3 Å². The number of carbonyl (C=O) groups is 2. The van der Waals surface area contributed by atoms with Crippen LogP contribution in [0.25, 0.3) is 17.0 Å². The van der Waals surface area contributed by atoms with Gasteiger partial charge in [-0.05, 0) is 170 Å². The van der Waals surface area contributed by atoms with Crippen LogP contribution < -0.4 is 10.4 Å². The number of hydrogen-bond donors (Lipinski definition) is 3. The van der Waals surface area contributed by atoms with Crippen LogP contribution >= 0.6 is 0 Å². The molecule has 3 aliphatic heterocycles. The molecule has 5 aliphatic carbocycles. The summed E-state index contributed by atoms with van der Waals surface area (Å²) in [6.45, 7) is 0.782. The van der Waals surface area contributed by atoms with Gasteiger partial charge in [-0.15, -0.1) is 0 Å². The van der Waals surface area contributed by atoms with Gasteiger partial charge in [0.15, 0.2) is 17.8 Å². The summed E-state index contributed by atoms with van der Waals surface area (Å²) in [6.07, 6.45) is 17.0. The predicted molar refractivity (Wildman–Crippen MR) is 303 cm³/mol. The Kier molecular flexibility index (Phi) is 15.4.